The van der Waals surface area contributed by atoms with Crippen LogP contribution in [0.4, 0.5) is 4.39 Å². The molecule has 1 aromatic carbocycles. The quantitative estimate of drug-likeness (QED) is 0.753. The summed E-state index contributed by atoms with van der Waals surface area (Å²) in [6, 6.07) is 6.41. The van der Waals surface area contributed by atoms with Crippen molar-refractivity contribution in [2.24, 2.45) is 0 Å². The van der Waals surface area contributed by atoms with E-state index in [1.54, 1.807) is 12.1 Å². The first-order valence-corrected chi connectivity index (χ1v) is 9.84. The maximum Gasteiger partial charge on any atom is 0.306 e. The van der Waals surface area contributed by atoms with E-state index in [9.17, 15) is 14.0 Å². The number of hydrogen-bond donors (Lipinski definition) is 1. The Morgan fingerprint density at radius 2 is 1.93 bits per heavy atom. The van der Waals surface area contributed by atoms with Gasteiger partial charge in [-0.15, -0.1) is 0 Å². The molecule has 154 valence electrons. The van der Waals surface area contributed by atoms with Gasteiger partial charge in [-0.1, -0.05) is 12.1 Å². The number of benzene rings is 1. The molecule has 2 aliphatic rings. The van der Waals surface area contributed by atoms with Gasteiger partial charge in [-0.25, -0.2) is 4.39 Å². The van der Waals surface area contributed by atoms with E-state index in [2.05, 4.69) is 5.32 Å². The summed E-state index contributed by atoms with van der Waals surface area (Å²) < 4.78 is 24.4. The number of halogens is 1. The predicted octanol–water partition coefficient (Wildman–Crippen LogP) is 2.41. The van der Waals surface area contributed by atoms with Crippen LogP contribution in [0.1, 0.15) is 45.6 Å². The molecule has 2 saturated heterocycles. The largest absolute Gasteiger partial charge is 0.460 e. The lowest BCUT2D eigenvalue weighted by atomic mass is 10.1. The van der Waals surface area contributed by atoms with Crippen molar-refractivity contribution in [2.45, 2.75) is 70.4 Å². The molecule has 2 heterocycles. The van der Waals surface area contributed by atoms with Crippen LogP contribution < -0.4 is 5.32 Å². The predicted molar refractivity (Wildman–Crippen MR) is 102 cm³/mol. The molecule has 28 heavy (non-hydrogen) atoms. The van der Waals surface area contributed by atoms with Crippen LogP contribution >= 0.6 is 0 Å². The van der Waals surface area contributed by atoms with Crippen molar-refractivity contribution in [1.29, 1.82) is 0 Å². The summed E-state index contributed by atoms with van der Waals surface area (Å²) in [5.74, 6) is -0.674. The van der Waals surface area contributed by atoms with E-state index in [0.717, 1.165) is 18.5 Å². The fourth-order valence-corrected chi connectivity index (χ4v) is 3.86. The van der Waals surface area contributed by atoms with Crippen LogP contribution in [0.25, 0.3) is 0 Å². The summed E-state index contributed by atoms with van der Waals surface area (Å²) >= 11 is 0. The number of carbonyl (C=O) groups is 2. The number of nitrogens with one attached hydrogen (secondary N) is 1. The van der Waals surface area contributed by atoms with Crippen molar-refractivity contribution in [3.63, 3.8) is 0 Å². The molecular formula is C21H29FN2O4. The zero-order valence-electron chi connectivity index (χ0n) is 16.7. The average molecular weight is 392 g/mol. The third-order valence-corrected chi connectivity index (χ3v) is 5.07. The highest BCUT2D eigenvalue weighted by Gasteiger charge is 2.46. The van der Waals surface area contributed by atoms with Crippen LogP contribution in [0.3, 0.4) is 0 Å². The first-order valence-electron chi connectivity index (χ1n) is 9.84. The van der Waals surface area contributed by atoms with Crippen LogP contribution in [0, 0.1) is 5.82 Å². The third kappa shape index (κ3) is 5.29. The molecule has 2 fully saturated rings. The summed E-state index contributed by atoms with van der Waals surface area (Å²) in [4.78, 5) is 26.4. The lowest BCUT2D eigenvalue weighted by molar-refractivity contribution is -0.156. The van der Waals surface area contributed by atoms with Crippen molar-refractivity contribution >= 4 is 11.9 Å². The van der Waals surface area contributed by atoms with Crippen LogP contribution in [0.5, 0.6) is 0 Å². The summed E-state index contributed by atoms with van der Waals surface area (Å²) in [5.41, 5.74) is 0.346. The van der Waals surface area contributed by atoms with Gasteiger partial charge in [0.05, 0.1) is 31.2 Å². The lowest BCUT2D eigenvalue weighted by Gasteiger charge is -2.23. The van der Waals surface area contributed by atoms with Crippen molar-refractivity contribution < 1.29 is 23.5 Å². The highest BCUT2D eigenvalue weighted by Crippen LogP contribution is 2.29. The molecule has 3 rings (SSSR count). The Balaban J connectivity index is 1.53. The normalized spacial score (nSPS) is 24.3. The number of esters is 1. The van der Waals surface area contributed by atoms with E-state index < -0.39 is 5.60 Å². The van der Waals surface area contributed by atoms with Gasteiger partial charge >= 0.3 is 5.97 Å². The van der Waals surface area contributed by atoms with Gasteiger partial charge in [0.15, 0.2) is 0 Å². The first kappa shape index (κ1) is 20.7. The van der Waals surface area contributed by atoms with E-state index in [0.29, 0.717) is 13.2 Å². The molecule has 0 aromatic heterocycles. The van der Waals surface area contributed by atoms with Gasteiger partial charge in [0.2, 0.25) is 5.91 Å². The van der Waals surface area contributed by atoms with Crippen molar-refractivity contribution in [3.05, 3.63) is 35.6 Å². The molecule has 3 atom stereocenters. The number of rotatable bonds is 6. The highest BCUT2D eigenvalue weighted by atomic mass is 19.1. The van der Waals surface area contributed by atoms with Gasteiger partial charge in [0, 0.05) is 13.0 Å². The van der Waals surface area contributed by atoms with Gasteiger partial charge in [-0.3, -0.25) is 9.59 Å². The molecular weight excluding hydrogens is 363 g/mol. The highest BCUT2D eigenvalue weighted by molar-refractivity contribution is 5.82. The molecule has 2 aliphatic heterocycles. The number of ether oxygens (including phenoxy) is 2. The Labute approximate surface area is 165 Å². The molecule has 1 amide bonds. The van der Waals surface area contributed by atoms with E-state index in [-0.39, 0.29) is 48.7 Å². The van der Waals surface area contributed by atoms with Gasteiger partial charge in [-0.05, 0) is 51.4 Å². The monoisotopic (exact) mass is 392 g/mol. The molecule has 0 saturated carbocycles. The summed E-state index contributed by atoms with van der Waals surface area (Å²) in [7, 11) is 0. The van der Waals surface area contributed by atoms with Crippen molar-refractivity contribution in [2.75, 3.05) is 13.1 Å². The van der Waals surface area contributed by atoms with Crippen LogP contribution in [0.2, 0.25) is 0 Å². The van der Waals surface area contributed by atoms with Gasteiger partial charge in [0.1, 0.15) is 11.4 Å². The van der Waals surface area contributed by atoms with Crippen LogP contribution in [0.15, 0.2) is 24.3 Å². The van der Waals surface area contributed by atoms with Crippen molar-refractivity contribution in [3.8, 4) is 0 Å². The lowest BCUT2D eigenvalue weighted by Crippen LogP contribution is -2.40. The summed E-state index contributed by atoms with van der Waals surface area (Å²) in [6.45, 7) is 7.13. The number of nitrogens with zero attached hydrogens (tertiary/aromatic N) is 1. The summed E-state index contributed by atoms with van der Waals surface area (Å²) in [5, 5.41) is 3.42. The zero-order valence-corrected chi connectivity index (χ0v) is 16.7. The SMILES string of the molecule is CC(C)(C)OC(=O)CCC(=O)N1C[C@H](OCc2ccc(F)cc2)[C@H]2NCC[C@H]21. The number of fused-ring (bicyclic) bond motifs is 1. The third-order valence-electron chi connectivity index (χ3n) is 5.07. The van der Waals surface area contributed by atoms with Gasteiger partial charge < -0.3 is 19.7 Å². The Hall–Kier alpha value is -1.99. The number of likely N-dealkylation sites (tertiary alicyclic amines) is 1. The maximum absolute atomic E-state index is 13.0. The Bertz CT molecular complexity index is 701. The number of hydrogen-bond acceptors (Lipinski definition) is 5. The molecule has 0 unspecified atom stereocenters. The second-order valence-electron chi connectivity index (χ2n) is 8.44. The molecule has 1 aromatic rings. The molecule has 1 N–H and O–H groups in total. The number of amides is 1. The second-order valence-corrected chi connectivity index (χ2v) is 8.44. The maximum atomic E-state index is 13.0. The Morgan fingerprint density at radius 1 is 1.21 bits per heavy atom. The zero-order chi connectivity index (χ0) is 20.3. The first-order chi connectivity index (χ1) is 13.2. The second kappa shape index (κ2) is 8.57. The number of carbonyl (C=O) groups excluding carboxylic acids is 2. The minimum Gasteiger partial charge on any atom is -0.460 e. The standard InChI is InChI=1S/C21H29FN2O4/c1-21(2,3)28-19(26)9-8-18(25)24-12-17(20-16(24)10-11-23-20)27-13-14-4-6-15(22)7-5-14/h4-7,16-17,20,23H,8-13H2,1-3H3/t16-,17+,20+/m1/s1. The van der Waals surface area contributed by atoms with Crippen LogP contribution in [-0.2, 0) is 25.7 Å². The summed E-state index contributed by atoms with van der Waals surface area (Å²) in [6.07, 6.45) is 0.976. The fraction of sp³-hybridized carbons (Fsp3) is 0.619. The topological polar surface area (TPSA) is 67.9 Å². The molecule has 0 radical (unpaired) electrons. The average Bonchev–Trinajstić information content (AvgIpc) is 3.21. The smallest absolute Gasteiger partial charge is 0.306 e. The minimum atomic E-state index is -0.548. The Morgan fingerprint density at radius 3 is 2.61 bits per heavy atom. The fourth-order valence-electron chi connectivity index (χ4n) is 3.86. The molecule has 6 nitrogen and oxygen atoms in total. The van der Waals surface area contributed by atoms with Crippen molar-refractivity contribution in [1.82, 2.24) is 10.2 Å². The molecule has 7 heteroatoms. The van der Waals surface area contributed by atoms with E-state index in [4.69, 9.17) is 9.47 Å². The molecule has 0 spiro atoms. The van der Waals surface area contributed by atoms with E-state index >= 15 is 0 Å². The van der Waals surface area contributed by atoms with E-state index in [1.807, 2.05) is 25.7 Å². The molecule has 0 bridgehead atoms. The molecule has 0 aliphatic carbocycles. The van der Waals surface area contributed by atoms with Gasteiger partial charge in [-0.2, -0.15) is 0 Å². The van der Waals surface area contributed by atoms with Crippen LogP contribution in [-0.4, -0.2) is 53.7 Å². The van der Waals surface area contributed by atoms with E-state index in [1.165, 1.54) is 12.1 Å². The van der Waals surface area contributed by atoms with Gasteiger partial charge in [0.25, 0.3) is 0 Å². The minimum absolute atomic E-state index is 0.0440. The Kier molecular flexibility index (Phi) is 6.35.